The van der Waals surface area contributed by atoms with Gasteiger partial charge in [-0.05, 0) is 96.3 Å². The molecule has 0 fully saturated rings. The number of para-hydroxylation sites is 6. The van der Waals surface area contributed by atoms with Crippen molar-refractivity contribution in [2.45, 2.75) is 0 Å². The van der Waals surface area contributed by atoms with Gasteiger partial charge in [0.25, 0.3) is 0 Å². The summed E-state index contributed by atoms with van der Waals surface area (Å²) < 4.78 is 5.05. The van der Waals surface area contributed by atoms with Gasteiger partial charge in [-0.15, -0.1) is 0 Å². The Balaban J connectivity index is 0.000000147. The second kappa shape index (κ2) is 15.2. The molecule has 49 heavy (non-hydrogen) atoms. The first-order valence-electron chi connectivity index (χ1n) is 15.0. The molecule has 7 aromatic rings. The molecule has 2 aliphatic heterocycles. The second-order valence-electron chi connectivity index (χ2n) is 10.9. The third-order valence-corrected chi connectivity index (χ3v) is 9.98. The fraction of sp³-hybridized carbons (Fsp3) is 0. The number of nitrogens with one attached hydrogen (secondary N) is 3. The minimum atomic E-state index is 0.681. The average molecular weight is 996 g/mol. The molecular formula is C38H25Br3CuIN6. The van der Waals surface area contributed by atoms with Crippen LogP contribution in [0, 0.1) is 0 Å². The summed E-state index contributed by atoms with van der Waals surface area (Å²) in [6.07, 6.45) is 0. The van der Waals surface area contributed by atoms with E-state index in [2.05, 4.69) is 154 Å². The van der Waals surface area contributed by atoms with Crippen LogP contribution in [0.3, 0.4) is 0 Å². The number of benzene rings is 6. The molecule has 3 heterocycles. The van der Waals surface area contributed by atoms with Gasteiger partial charge in [-0.25, -0.2) is 9.98 Å². The van der Waals surface area contributed by atoms with E-state index < -0.39 is 0 Å². The Hall–Kier alpha value is -3.45. The molecule has 0 amide bonds. The van der Waals surface area contributed by atoms with E-state index in [9.17, 15) is 0 Å². The predicted octanol–water partition coefficient (Wildman–Crippen LogP) is 12.8. The van der Waals surface area contributed by atoms with Crippen LogP contribution in [0.5, 0.6) is 0 Å². The number of hydrogen-bond donors (Lipinski definition) is 3. The van der Waals surface area contributed by atoms with Crippen LogP contribution < -0.4 is 16.0 Å². The molecule has 0 unspecified atom stereocenters. The van der Waals surface area contributed by atoms with Gasteiger partial charge in [0.15, 0.2) is 0 Å². The average Bonchev–Trinajstić information content (AvgIpc) is 3.34. The number of nitrogens with zero attached hydrogens (tertiary/aromatic N) is 3. The van der Waals surface area contributed by atoms with Gasteiger partial charge in [0.2, 0.25) is 11.9 Å². The van der Waals surface area contributed by atoms with Crippen LogP contribution in [0.15, 0.2) is 152 Å². The zero-order valence-electron chi connectivity index (χ0n) is 25.4. The summed E-state index contributed by atoms with van der Waals surface area (Å²) in [5, 5.41) is 10.3. The van der Waals surface area contributed by atoms with E-state index >= 15 is 0 Å². The molecule has 246 valence electrons. The topological polar surface area (TPSA) is 66.3 Å². The van der Waals surface area contributed by atoms with E-state index in [4.69, 9.17) is 9.98 Å². The standard InChI is InChI=1S/C19H13Br2N3.C19H12BrN3.Cu.HI/c20-14-8-5-9-15(21)18(14)24-19-22-16-10-3-1-6-12(16)13-7-2-4-11-17(13)23-19;20-14-8-5-11-17-18(14)22-19-21-15-9-3-1-6-12(15)13-7-2-4-10-16(13)23(17)19;;/h1-11H,(H2,22,23,24);1-11H,(H,21,22);;1H/q;;+1;/p-1. The fourth-order valence-corrected chi connectivity index (χ4v) is 7.56. The first-order chi connectivity index (χ1) is 24.0. The Morgan fingerprint density at radius 1 is 0.531 bits per heavy atom. The molecule has 3 N–H and O–H groups in total. The van der Waals surface area contributed by atoms with E-state index in [-0.39, 0.29) is 0 Å². The fourth-order valence-electron chi connectivity index (χ4n) is 5.94. The van der Waals surface area contributed by atoms with Gasteiger partial charge in [-0.1, -0.05) is 84.9 Å². The molecule has 6 aromatic carbocycles. The van der Waals surface area contributed by atoms with Gasteiger partial charge in [0.1, 0.15) is 5.52 Å². The Labute approximate surface area is 328 Å². The van der Waals surface area contributed by atoms with Crippen molar-refractivity contribution in [3.05, 3.63) is 147 Å². The summed E-state index contributed by atoms with van der Waals surface area (Å²) in [7, 11) is 0. The Kier molecular flexibility index (Phi) is 10.6. The molecule has 9 rings (SSSR count). The summed E-state index contributed by atoms with van der Waals surface area (Å²) in [6, 6.07) is 45.4. The van der Waals surface area contributed by atoms with Gasteiger partial charge in [-0.3, -0.25) is 4.57 Å². The number of fused-ring (bicyclic) bond motifs is 10. The molecule has 11 heteroatoms. The van der Waals surface area contributed by atoms with Gasteiger partial charge in [0.05, 0.1) is 16.9 Å². The molecule has 0 spiro atoms. The zero-order chi connectivity index (χ0) is 33.9. The van der Waals surface area contributed by atoms with E-state index in [1.807, 2.05) is 60.7 Å². The van der Waals surface area contributed by atoms with Gasteiger partial charge < -0.3 is 16.0 Å². The predicted molar refractivity (Wildman–Crippen MR) is 220 cm³/mol. The second-order valence-corrected chi connectivity index (χ2v) is 13.5. The number of guanidine groups is 1. The molecule has 6 nitrogen and oxygen atoms in total. The van der Waals surface area contributed by atoms with Crippen molar-refractivity contribution in [3.8, 4) is 27.9 Å². The van der Waals surface area contributed by atoms with Crippen LogP contribution in [0.25, 0.3) is 39.0 Å². The SMILES string of the molecule is Brc1cccc(Br)c1N=C1Nc2ccccc2-c2ccccc2N1.Brc1cccc2c1nc1n2-c2ccccc2-c2ccccc2N1.[Cu][I]. The Morgan fingerprint density at radius 3 is 1.61 bits per heavy atom. The molecule has 0 radical (unpaired) electrons. The van der Waals surface area contributed by atoms with Crippen molar-refractivity contribution in [1.29, 1.82) is 0 Å². The molecule has 0 saturated carbocycles. The summed E-state index contributed by atoms with van der Waals surface area (Å²) in [6.45, 7) is 0. The number of rotatable bonds is 1. The third kappa shape index (κ3) is 6.85. The van der Waals surface area contributed by atoms with Crippen molar-refractivity contribution in [1.82, 2.24) is 9.55 Å². The molecule has 2 aliphatic rings. The summed E-state index contributed by atoms with van der Waals surface area (Å²) in [4.78, 5) is 9.59. The number of aromatic nitrogens is 2. The maximum atomic E-state index is 4.82. The molecule has 0 bridgehead atoms. The van der Waals surface area contributed by atoms with Crippen molar-refractivity contribution in [3.63, 3.8) is 0 Å². The van der Waals surface area contributed by atoms with Crippen LogP contribution in [0.1, 0.15) is 0 Å². The Bertz CT molecular complexity index is 2290. The van der Waals surface area contributed by atoms with E-state index in [1.165, 1.54) is 11.1 Å². The van der Waals surface area contributed by atoms with Gasteiger partial charge >= 0.3 is 33.1 Å². The van der Waals surface area contributed by atoms with E-state index in [1.54, 1.807) is 20.3 Å². The molecule has 0 saturated heterocycles. The van der Waals surface area contributed by atoms with Crippen LogP contribution in [-0.2, 0) is 12.8 Å². The summed E-state index contributed by atoms with van der Waals surface area (Å²) >= 11 is 16.6. The quantitative estimate of drug-likeness (QED) is 0.113. The Morgan fingerprint density at radius 2 is 1.00 bits per heavy atom. The van der Waals surface area contributed by atoms with Crippen molar-refractivity contribution >= 4 is 114 Å². The third-order valence-electron chi connectivity index (χ3n) is 8.06. The molecule has 0 aliphatic carbocycles. The van der Waals surface area contributed by atoms with Crippen molar-refractivity contribution in [2.75, 3.05) is 16.0 Å². The molecule has 0 atom stereocenters. The number of aliphatic imine (C=N–C) groups is 1. The summed E-state index contributed by atoms with van der Waals surface area (Å²) in [5.41, 5.74) is 11.8. The number of imidazole rings is 1. The normalized spacial score (nSPS) is 11.8. The summed E-state index contributed by atoms with van der Waals surface area (Å²) in [5.74, 6) is 1.52. The van der Waals surface area contributed by atoms with Crippen molar-refractivity contribution in [2.24, 2.45) is 4.99 Å². The first-order valence-corrected chi connectivity index (χ1v) is 20.5. The first kappa shape index (κ1) is 34.0. The van der Waals surface area contributed by atoms with Crippen molar-refractivity contribution < 1.29 is 12.8 Å². The van der Waals surface area contributed by atoms with Gasteiger partial charge in [0, 0.05) is 52.7 Å². The number of halogens is 4. The number of hydrogen-bond acceptors (Lipinski definition) is 3. The van der Waals surface area contributed by atoms with Crippen LogP contribution in [0.4, 0.5) is 28.7 Å². The molecule has 1 aromatic heterocycles. The van der Waals surface area contributed by atoms with Crippen LogP contribution >= 0.6 is 68.1 Å². The minimum absolute atomic E-state index is 0.681. The van der Waals surface area contributed by atoms with Crippen LogP contribution in [-0.4, -0.2) is 15.5 Å². The van der Waals surface area contributed by atoms with E-state index in [0.29, 0.717) is 5.96 Å². The van der Waals surface area contributed by atoms with Gasteiger partial charge in [-0.2, -0.15) is 0 Å². The molecular weight excluding hydrogens is 971 g/mol. The zero-order valence-corrected chi connectivity index (χ0v) is 33.2. The monoisotopic (exact) mass is 992 g/mol. The van der Waals surface area contributed by atoms with E-state index in [0.717, 1.165) is 70.0 Å². The maximum absolute atomic E-state index is 4.82. The van der Waals surface area contributed by atoms with Crippen LogP contribution in [0.2, 0.25) is 0 Å². The number of anilines is 4.